The Morgan fingerprint density at radius 2 is 2.40 bits per heavy atom. The predicted octanol–water partition coefficient (Wildman–Crippen LogP) is 2.02. The molecule has 0 saturated carbocycles. The third-order valence-electron chi connectivity index (χ3n) is 3.34. The number of carbonyl (C=O) groups is 1. The Hall–Kier alpha value is -1.83. The summed E-state index contributed by atoms with van der Waals surface area (Å²) in [5.41, 5.74) is 0.384. The average Bonchev–Trinajstić information content (AvgIpc) is 3.17. The molecule has 3 heterocycles. The molecule has 8 heteroatoms. The second-order valence-electron chi connectivity index (χ2n) is 5.09. The van der Waals surface area contributed by atoms with Crippen molar-refractivity contribution in [3.05, 3.63) is 22.8 Å². The normalized spacial score (nSPS) is 18.9. The summed E-state index contributed by atoms with van der Waals surface area (Å²) in [6.45, 7) is 4.68. The molecule has 2 aromatic rings. The third-order valence-corrected chi connectivity index (χ3v) is 3.85. The number of likely N-dealkylation sites (tertiary alicyclic amines) is 1. The van der Waals surface area contributed by atoms with Crippen molar-refractivity contribution in [2.75, 3.05) is 6.54 Å². The molecular formula is C12H15N5O2S. The van der Waals surface area contributed by atoms with Gasteiger partial charge < -0.3 is 9.42 Å². The van der Waals surface area contributed by atoms with Gasteiger partial charge >= 0.3 is 0 Å². The first-order valence-corrected chi connectivity index (χ1v) is 7.42. The molecule has 2 aromatic heterocycles. The molecule has 0 N–H and O–H groups in total. The van der Waals surface area contributed by atoms with E-state index in [1.807, 2.05) is 13.8 Å². The molecule has 1 atom stereocenters. The van der Waals surface area contributed by atoms with Gasteiger partial charge in [0.2, 0.25) is 5.89 Å². The largest absolute Gasteiger partial charge is 0.339 e. The first kappa shape index (κ1) is 13.2. The standard InChI is InChI=1S/C12H15N5O2S/c1-7(2)11-13-10(15-19-11)9-4-3-5-17(9)12(18)8-6-20-16-14-8/h6-7,9H,3-5H2,1-2H3/t9-/m1/s1. The number of carbonyl (C=O) groups excluding carboxylic acids is 1. The fourth-order valence-electron chi connectivity index (χ4n) is 2.30. The van der Waals surface area contributed by atoms with Crippen LogP contribution in [-0.4, -0.2) is 37.1 Å². The molecule has 20 heavy (non-hydrogen) atoms. The van der Waals surface area contributed by atoms with Crippen molar-refractivity contribution >= 4 is 17.4 Å². The summed E-state index contributed by atoms with van der Waals surface area (Å²) in [5, 5.41) is 9.52. The van der Waals surface area contributed by atoms with Crippen LogP contribution in [0, 0.1) is 0 Å². The van der Waals surface area contributed by atoms with Gasteiger partial charge in [-0.1, -0.05) is 23.5 Å². The lowest BCUT2D eigenvalue weighted by Gasteiger charge is -2.20. The highest BCUT2D eigenvalue weighted by molar-refractivity contribution is 7.03. The van der Waals surface area contributed by atoms with Crippen molar-refractivity contribution < 1.29 is 9.32 Å². The van der Waals surface area contributed by atoms with E-state index in [1.165, 1.54) is 11.5 Å². The molecule has 1 aliphatic heterocycles. The van der Waals surface area contributed by atoms with E-state index in [-0.39, 0.29) is 17.9 Å². The van der Waals surface area contributed by atoms with Crippen LogP contribution in [0.25, 0.3) is 0 Å². The monoisotopic (exact) mass is 293 g/mol. The van der Waals surface area contributed by atoms with Gasteiger partial charge in [0.05, 0.1) is 6.04 Å². The highest BCUT2D eigenvalue weighted by atomic mass is 32.1. The molecule has 0 spiro atoms. The second-order valence-corrected chi connectivity index (χ2v) is 5.70. The van der Waals surface area contributed by atoms with Crippen molar-refractivity contribution in [1.82, 2.24) is 24.6 Å². The van der Waals surface area contributed by atoms with Crippen molar-refractivity contribution in [2.45, 2.75) is 38.6 Å². The molecular weight excluding hydrogens is 278 g/mol. The highest BCUT2D eigenvalue weighted by Crippen LogP contribution is 2.31. The zero-order valence-electron chi connectivity index (χ0n) is 11.3. The van der Waals surface area contributed by atoms with E-state index in [2.05, 4.69) is 19.7 Å². The van der Waals surface area contributed by atoms with E-state index in [9.17, 15) is 4.79 Å². The molecule has 1 aliphatic rings. The predicted molar refractivity (Wildman–Crippen MR) is 71.3 cm³/mol. The Kier molecular flexibility index (Phi) is 3.47. The minimum absolute atomic E-state index is 0.114. The van der Waals surface area contributed by atoms with Crippen molar-refractivity contribution in [1.29, 1.82) is 0 Å². The van der Waals surface area contributed by atoms with Crippen LogP contribution in [0.5, 0.6) is 0 Å². The van der Waals surface area contributed by atoms with Gasteiger partial charge in [0.1, 0.15) is 0 Å². The molecule has 7 nitrogen and oxygen atoms in total. The Morgan fingerprint density at radius 1 is 1.55 bits per heavy atom. The molecule has 106 valence electrons. The van der Waals surface area contributed by atoms with Crippen LogP contribution < -0.4 is 0 Å². The minimum Gasteiger partial charge on any atom is -0.339 e. The van der Waals surface area contributed by atoms with Crippen LogP contribution in [0.3, 0.4) is 0 Å². The number of hydrogen-bond acceptors (Lipinski definition) is 7. The van der Waals surface area contributed by atoms with E-state index >= 15 is 0 Å². The van der Waals surface area contributed by atoms with Gasteiger partial charge in [-0.3, -0.25) is 4.79 Å². The smallest absolute Gasteiger partial charge is 0.275 e. The molecule has 1 fully saturated rings. The van der Waals surface area contributed by atoms with Crippen molar-refractivity contribution in [2.24, 2.45) is 0 Å². The van der Waals surface area contributed by atoms with Gasteiger partial charge in [-0.15, -0.1) is 5.10 Å². The summed E-state index contributed by atoms with van der Waals surface area (Å²) in [6.07, 6.45) is 1.78. The van der Waals surface area contributed by atoms with Gasteiger partial charge in [-0.25, -0.2) is 0 Å². The van der Waals surface area contributed by atoms with E-state index < -0.39 is 0 Å². The van der Waals surface area contributed by atoms with Crippen LogP contribution in [-0.2, 0) is 0 Å². The SMILES string of the molecule is CC(C)c1nc([C@H]2CCCN2C(=O)c2csnn2)no1. The van der Waals surface area contributed by atoms with E-state index in [1.54, 1.807) is 10.3 Å². The van der Waals surface area contributed by atoms with Crippen molar-refractivity contribution in [3.63, 3.8) is 0 Å². The van der Waals surface area contributed by atoms with Gasteiger partial charge in [-0.2, -0.15) is 4.98 Å². The Bertz CT molecular complexity index is 595. The zero-order chi connectivity index (χ0) is 14.1. The number of aromatic nitrogens is 4. The van der Waals surface area contributed by atoms with Gasteiger partial charge in [-0.05, 0) is 24.4 Å². The molecule has 3 rings (SSSR count). The van der Waals surface area contributed by atoms with E-state index in [0.717, 1.165) is 12.8 Å². The van der Waals surface area contributed by atoms with Crippen LogP contribution in [0.4, 0.5) is 0 Å². The molecule has 0 radical (unpaired) electrons. The van der Waals surface area contributed by atoms with Gasteiger partial charge in [0.15, 0.2) is 11.5 Å². The topological polar surface area (TPSA) is 85.0 Å². The highest BCUT2D eigenvalue weighted by Gasteiger charge is 2.34. The quantitative estimate of drug-likeness (QED) is 0.860. The molecule has 1 saturated heterocycles. The molecule has 0 aliphatic carbocycles. The maximum atomic E-state index is 12.4. The van der Waals surface area contributed by atoms with E-state index in [4.69, 9.17) is 4.52 Å². The number of rotatable bonds is 3. The molecule has 0 bridgehead atoms. The van der Waals surface area contributed by atoms with Gasteiger partial charge in [0, 0.05) is 17.8 Å². The summed E-state index contributed by atoms with van der Waals surface area (Å²) in [5.74, 6) is 1.26. The average molecular weight is 293 g/mol. The van der Waals surface area contributed by atoms with Crippen LogP contribution in [0.1, 0.15) is 60.9 Å². The Labute approximate surface area is 120 Å². The number of amides is 1. The molecule has 1 amide bonds. The van der Waals surface area contributed by atoms with Gasteiger partial charge in [0.25, 0.3) is 5.91 Å². The van der Waals surface area contributed by atoms with Crippen molar-refractivity contribution in [3.8, 4) is 0 Å². The molecule has 0 aromatic carbocycles. The number of nitrogens with zero attached hydrogens (tertiary/aromatic N) is 5. The fourth-order valence-corrected chi connectivity index (χ4v) is 2.73. The van der Waals surface area contributed by atoms with Crippen LogP contribution >= 0.6 is 11.5 Å². The summed E-state index contributed by atoms with van der Waals surface area (Å²) in [6, 6.07) is -0.125. The number of hydrogen-bond donors (Lipinski definition) is 0. The van der Waals surface area contributed by atoms with Crippen LogP contribution in [0.2, 0.25) is 0 Å². The zero-order valence-corrected chi connectivity index (χ0v) is 12.1. The second kappa shape index (κ2) is 5.28. The van der Waals surface area contributed by atoms with E-state index in [0.29, 0.717) is 24.0 Å². The maximum absolute atomic E-state index is 12.4. The molecule has 0 unspecified atom stereocenters. The minimum atomic E-state index is -0.125. The van der Waals surface area contributed by atoms with Crippen LogP contribution in [0.15, 0.2) is 9.90 Å². The first-order chi connectivity index (χ1) is 9.66. The third kappa shape index (κ3) is 2.31. The maximum Gasteiger partial charge on any atom is 0.275 e. The lowest BCUT2D eigenvalue weighted by molar-refractivity contribution is 0.0722. The first-order valence-electron chi connectivity index (χ1n) is 6.58. The summed E-state index contributed by atoms with van der Waals surface area (Å²) >= 11 is 1.17. The summed E-state index contributed by atoms with van der Waals surface area (Å²) in [4.78, 5) is 18.5. The summed E-state index contributed by atoms with van der Waals surface area (Å²) < 4.78 is 8.97. The fraction of sp³-hybridized carbons (Fsp3) is 0.583. The lowest BCUT2D eigenvalue weighted by Crippen LogP contribution is -2.31. The summed E-state index contributed by atoms with van der Waals surface area (Å²) in [7, 11) is 0. The Morgan fingerprint density at radius 3 is 3.05 bits per heavy atom. The lowest BCUT2D eigenvalue weighted by atomic mass is 10.2. The Balaban J connectivity index is 1.83.